The van der Waals surface area contributed by atoms with Crippen molar-refractivity contribution in [2.45, 2.75) is 45.7 Å². The average molecular weight is 342 g/mol. The summed E-state index contributed by atoms with van der Waals surface area (Å²) in [5.41, 5.74) is -0.722. The summed E-state index contributed by atoms with van der Waals surface area (Å²) in [6, 6.07) is 6.88. The molecule has 1 amide bonds. The molecule has 1 rings (SSSR count). The van der Waals surface area contributed by atoms with Crippen molar-refractivity contribution < 1.29 is 14.7 Å². The van der Waals surface area contributed by atoms with Crippen molar-refractivity contribution in [2.24, 2.45) is 0 Å². The highest BCUT2D eigenvalue weighted by Crippen LogP contribution is 2.35. The number of nitrogens with zero attached hydrogens (tertiary/aromatic N) is 1. The molecule has 0 radical (unpaired) electrons. The Bertz CT molecular complexity index is 498. The van der Waals surface area contributed by atoms with Crippen LogP contribution in [0.5, 0.6) is 0 Å². The maximum absolute atomic E-state index is 12.0. The van der Waals surface area contributed by atoms with Gasteiger partial charge in [0.15, 0.2) is 5.54 Å². The quantitative estimate of drug-likeness (QED) is 0.892. The Morgan fingerprint density at radius 3 is 2.10 bits per heavy atom. The molecule has 1 aromatic rings. The van der Waals surface area contributed by atoms with Crippen molar-refractivity contribution in [3.8, 4) is 0 Å². The fourth-order valence-corrected chi connectivity index (χ4v) is 2.95. The number of carboxylic acid groups (broad SMARTS) is 1. The first-order chi connectivity index (χ1) is 9.27. The van der Waals surface area contributed by atoms with Crippen LogP contribution in [-0.2, 0) is 15.1 Å². The van der Waals surface area contributed by atoms with Crippen LogP contribution in [0.1, 0.15) is 39.7 Å². The summed E-state index contributed by atoms with van der Waals surface area (Å²) >= 11 is 3.34. The molecule has 0 aliphatic rings. The zero-order valence-corrected chi connectivity index (χ0v) is 13.8. The molecule has 0 heterocycles. The van der Waals surface area contributed by atoms with E-state index in [1.165, 1.54) is 11.8 Å². The summed E-state index contributed by atoms with van der Waals surface area (Å²) in [7, 11) is 0. The molecule has 0 aromatic heterocycles. The fourth-order valence-electron chi connectivity index (χ4n) is 2.69. The molecule has 1 N–H and O–H groups in total. The van der Waals surface area contributed by atoms with Crippen LogP contribution < -0.4 is 0 Å². The first kappa shape index (κ1) is 16.7. The summed E-state index contributed by atoms with van der Waals surface area (Å²) in [6.07, 6.45) is 0.307. The lowest BCUT2D eigenvalue weighted by molar-refractivity contribution is -0.162. The highest BCUT2D eigenvalue weighted by molar-refractivity contribution is 9.10. The Balaban J connectivity index is 3.53. The molecule has 0 aliphatic heterocycles. The van der Waals surface area contributed by atoms with Gasteiger partial charge in [0.05, 0.1) is 0 Å². The maximum atomic E-state index is 12.0. The third kappa shape index (κ3) is 2.87. The molecule has 20 heavy (non-hydrogen) atoms. The van der Waals surface area contributed by atoms with Gasteiger partial charge in [0, 0.05) is 17.4 Å². The molecule has 0 spiro atoms. The van der Waals surface area contributed by atoms with E-state index in [0.717, 1.165) is 4.47 Å². The molecule has 1 unspecified atom stereocenters. The number of amides is 1. The summed E-state index contributed by atoms with van der Waals surface area (Å²) in [4.78, 5) is 25.4. The molecule has 5 heteroatoms. The van der Waals surface area contributed by atoms with Crippen LogP contribution in [0.4, 0.5) is 0 Å². The number of halogens is 1. The van der Waals surface area contributed by atoms with E-state index >= 15 is 0 Å². The van der Waals surface area contributed by atoms with E-state index in [1.807, 2.05) is 13.8 Å². The van der Waals surface area contributed by atoms with Crippen LogP contribution >= 0.6 is 15.9 Å². The summed E-state index contributed by atoms with van der Waals surface area (Å²) in [5, 5.41) is 9.81. The molecule has 0 bridgehead atoms. The number of rotatable bonds is 5. The third-order valence-electron chi connectivity index (χ3n) is 3.45. The van der Waals surface area contributed by atoms with Gasteiger partial charge >= 0.3 is 5.97 Å². The van der Waals surface area contributed by atoms with Gasteiger partial charge in [0.2, 0.25) is 5.91 Å². The highest BCUT2D eigenvalue weighted by atomic mass is 79.9. The number of carboxylic acids is 1. The molecule has 4 nitrogen and oxygen atoms in total. The second-order valence-electron chi connectivity index (χ2n) is 5.01. The van der Waals surface area contributed by atoms with Gasteiger partial charge in [0.25, 0.3) is 0 Å². The second-order valence-corrected chi connectivity index (χ2v) is 5.92. The lowest BCUT2D eigenvalue weighted by atomic mass is 9.84. The van der Waals surface area contributed by atoms with Crippen molar-refractivity contribution in [3.05, 3.63) is 34.3 Å². The Morgan fingerprint density at radius 1 is 1.30 bits per heavy atom. The Hall–Kier alpha value is -1.36. The molecule has 0 saturated carbocycles. The molecule has 110 valence electrons. The van der Waals surface area contributed by atoms with Gasteiger partial charge < -0.3 is 10.0 Å². The smallest absolute Gasteiger partial charge is 0.334 e. The summed E-state index contributed by atoms with van der Waals surface area (Å²) < 4.78 is 0.871. The lowest BCUT2D eigenvalue weighted by Gasteiger charge is -2.42. The first-order valence-electron chi connectivity index (χ1n) is 6.56. The zero-order valence-electron chi connectivity index (χ0n) is 12.2. The largest absolute Gasteiger partial charge is 0.479 e. The summed E-state index contributed by atoms with van der Waals surface area (Å²) in [5.74, 6) is -1.25. The fraction of sp³-hybridized carbons (Fsp3) is 0.467. The van der Waals surface area contributed by atoms with Gasteiger partial charge in [-0.2, -0.15) is 0 Å². The third-order valence-corrected chi connectivity index (χ3v) is 3.98. The normalized spacial score (nSPS) is 13.9. The minimum atomic E-state index is -1.33. The lowest BCUT2D eigenvalue weighted by Crippen LogP contribution is -2.56. The molecular formula is C15H20BrNO3. The molecule has 0 fully saturated rings. The van der Waals surface area contributed by atoms with E-state index < -0.39 is 11.5 Å². The summed E-state index contributed by atoms with van der Waals surface area (Å²) in [6.45, 7) is 6.85. The van der Waals surface area contributed by atoms with Crippen LogP contribution in [0, 0.1) is 0 Å². The highest BCUT2D eigenvalue weighted by Gasteiger charge is 2.47. The molecule has 0 aliphatic carbocycles. The van der Waals surface area contributed by atoms with Gasteiger partial charge in [0.1, 0.15) is 0 Å². The predicted octanol–water partition coefficient (Wildman–Crippen LogP) is 3.40. The SMILES string of the molecule is CCC(C(=O)O)(c1ccc(Br)cc1)N(C(C)=O)C(C)C. The van der Waals surface area contributed by atoms with Crippen molar-refractivity contribution in [3.63, 3.8) is 0 Å². The van der Waals surface area contributed by atoms with E-state index in [-0.39, 0.29) is 11.9 Å². The first-order valence-corrected chi connectivity index (χ1v) is 7.36. The standard InChI is InChI=1S/C15H20BrNO3/c1-5-15(14(19)20,17(10(2)3)11(4)18)12-6-8-13(16)9-7-12/h6-10H,5H2,1-4H3,(H,19,20). The second kappa shape index (κ2) is 6.39. The van der Waals surface area contributed by atoms with Gasteiger partial charge in [-0.1, -0.05) is 35.0 Å². The number of carbonyl (C=O) groups is 2. The van der Waals surface area contributed by atoms with Crippen LogP contribution in [-0.4, -0.2) is 27.9 Å². The maximum Gasteiger partial charge on any atom is 0.334 e. The van der Waals surface area contributed by atoms with Crippen molar-refractivity contribution in [1.29, 1.82) is 0 Å². The van der Waals surface area contributed by atoms with E-state index in [9.17, 15) is 14.7 Å². The van der Waals surface area contributed by atoms with Crippen molar-refractivity contribution in [2.75, 3.05) is 0 Å². The Kier molecular flexibility index (Phi) is 5.34. The van der Waals surface area contributed by atoms with Crippen LogP contribution in [0.15, 0.2) is 28.7 Å². The van der Waals surface area contributed by atoms with E-state index in [4.69, 9.17) is 0 Å². The van der Waals surface area contributed by atoms with Gasteiger partial charge in [-0.05, 0) is 38.0 Å². The Labute approximate surface area is 127 Å². The molecule has 1 atom stereocenters. The number of hydrogen-bond acceptors (Lipinski definition) is 2. The average Bonchev–Trinajstić information content (AvgIpc) is 2.35. The van der Waals surface area contributed by atoms with Crippen molar-refractivity contribution >= 4 is 27.8 Å². The monoisotopic (exact) mass is 341 g/mol. The number of hydrogen-bond donors (Lipinski definition) is 1. The molecule has 0 saturated heterocycles. The van der Waals surface area contributed by atoms with Crippen molar-refractivity contribution in [1.82, 2.24) is 4.90 Å². The Morgan fingerprint density at radius 2 is 1.80 bits per heavy atom. The van der Waals surface area contributed by atoms with Gasteiger partial charge in [-0.25, -0.2) is 4.79 Å². The number of benzene rings is 1. The zero-order chi connectivity index (χ0) is 15.5. The van der Waals surface area contributed by atoms with E-state index in [2.05, 4.69) is 15.9 Å². The number of carbonyl (C=O) groups excluding carboxylic acids is 1. The van der Waals surface area contributed by atoms with Crippen LogP contribution in [0.2, 0.25) is 0 Å². The molecule has 1 aromatic carbocycles. The minimum absolute atomic E-state index is 0.202. The predicted molar refractivity (Wildman–Crippen MR) is 81.4 cm³/mol. The molecular weight excluding hydrogens is 322 g/mol. The van der Waals surface area contributed by atoms with Crippen LogP contribution in [0.3, 0.4) is 0 Å². The van der Waals surface area contributed by atoms with E-state index in [0.29, 0.717) is 12.0 Å². The van der Waals surface area contributed by atoms with Gasteiger partial charge in [-0.15, -0.1) is 0 Å². The van der Waals surface area contributed by atoms with Crippen LogP contribution in [0.25, 0.3) is 0 Å². The topological polar surface area (TPSA) is 57.6 Å². The van der Waals surface area contributed by atoms with E-state index in [1.54, 1.807) is 31.2 Å². The number of aliphatic carboxylic acids is 1. The minimum Gasteiger partial charge on any atom is -0.479 e. The van der Waals surface area contributed by atoms with Gasteiger partial charge in [-0.3, -0.25) is 4.79 Å².